The minimum Gasteiger partial charge on any atom is -0.491 e. The smallest absolute Gasteiger partial charge is 0.248 e. The third-order valence-corrected chi connectivity index (χ3v) is 4.60. The summed E-state index contributed by atoms with van der Waals surface area (Å²) >= 11 is 3.39. The summed E-state index contributed by atoms with van der Waals surface area (Å²) in [4.78, 5) is 20.7. The molecule has 0 radical (unpaired) electrons. The van der Waals surface area contributed by atoms with E-state index in [-0.39, 0.29) is 12.5 Å². The average molecular weight is 420 g/mol. The summed E-state index contributed by atoms with van der Waals surface area (Å²) in [5, 5.41) is 0. The molecule has 6 nitrogen and oxygen atoms in total. The quantitative estimate of drug-likeness (QED) is 0.645. The van der Waals surface area contributed by atoms with Gasteiger partial charge in [0.15, 0.2) is 0 Å². The van der Waals surface area contributed by atoms with Gasteiger partial charge in [0.1, 0.15) is 24.8 Å². The summed E-state index contributed by atoms with van der Waals surface area (Å²) in [5.74, 6) is 1.77. The fourth-order valence-electron chi connectivity index (χ4n) is 2.73. The van der Waals surface area contributed by atoms with Crippen molar-refractivity contribution >= 4 is 27.7 Å². The number of para-hydroxylation sites is 1. The first kappa shape index (κ1) is 18.7. The predicted octanol–water partition coefficient (Wildman–Crippen LogP) is 2.59. The monoisotopic (exact) mass is 419 g/mol. The van der Waals surface area contributed by atoms with Gasteiger partial charge in [-0.2, -0.15) is 0 Å². The van der Waals surface area contributed by atoms with Gasteiger partial charge in [0.2, 0.25) is 5.91 Å². The lowest BCUT2D eigenvalue weighted by Crippen LogP contribution is -2.50. The third kappa shape index (κ3) is 5.44. The number of benzene rings is 1. The second-order valence-electron chi connectivity index (χ2n) is 5.92. The highest BCUT2D eigenvalue weighted by atomic mass is 79.9. The summed E-state index contributed by atoms with van der Waals surface area (Å²) in [6.07, 6.45) is 1.79. The van der Waals surface area contributed by atoms with Crippen LogP contribution in [0.15, 0.2) is 53.1 Å². The molecule has 7 heteroatoms. The van der Waals surface area contributed by atoms with E-state index >= 15 is 0 Å². The van der Waals surface area contributed by atoms with Crippen LogP contribution in [0.2, 0.25) is 0 Å². The first-order valence-electron chi connectivity index (χ1n) is 8.62. The molecule has 2 heterocycles. The van der Waals surface area contributed by atoms with E-state index < -0.39 is 0 Å². The fourth-order valence-corrected chi connectivity index (χ4v) is 2.96. The maximum Gasteiger partial charge on any atom is 0.248 e. The number of aromatic nitrogens is 1. The van der Waals surface area contributed by atoms with Gasteiger partial charge in [-0.15, -0.1) is 0 Å². The Balaban J connectivity index is 1.33. The van der Waals surface area contributed by atoms with Crippen molar-refractivity contribution in [3.05, 3.63) is 53.1 Å². The van der Waals surface area contributed by atoms with Gasteiger partial charge in [-0.1, -0.05) is 18.2 Å². The molecule has 2 aromatic rings. The number of pyridine rings is 1. The van der Waals surface area contributed by atoms with E-state index in [2.05, 4.69) is 25.8 Å². The molecule has 1 aliphatic rings. The van der Waals surface area contributed by atoms with Gasteiger partial charge in [0.25, 0.3) is 0 Å². The van der Waals surface area contributed by atoms with Gasteiger partial charge in [-0.25, -0.2) is 4.98 Å². The van der Waals surface area contributed by atoms with Crippen LogP contribution in [-0.2, 0) is 9.53 Å². The zero-order valence-electron chi connectivity index (χ0n) is 14.5. The van der Waals surface area contributed by atoms with E-state index in [1.807, 2.05) is 47.4 Å². The largest absolute Gasteiger partial charge is 0.491 e. The Morgan fingerprint density at radius 1 is 1.04 bits per heavy atom. The number of carbonyl (C=O) groups is 1. The third-order valence-electron chi connectivity index (χ3n) is 4.13. The fraction of sp³-hybridized carbons (Fsp3) is 0.368. The number of nitrogens with zero attached hydrogens (tertiary/aromatic N) is 3. The van der Waals surface area contributed by atoms with Crippen molar-refractivity contribution in [2.45, 2.75) is 0 Å². The van der Waals surface area contributed by atoms with Crippen molar-refractivity contribution in [3.8, 4) is 5.75 Å². The molecule has 1 aliphatic heterocycles. The topological polar surface area (TPSA) is 54.9 Å². The summed E-state index contributed by atoms with van der Waals surface area (Å²) in [5.41, 5.74) is 0. The lowest BCUT2D eigenvalue weighted by atomic mass is 10.3. The van der Waals surface area contributed by atoms with Crippen LogP contribution in [0.1, 0.15) is 0 Å². The number of anilines is 1. The maximum absolute atomic E-state index is 12.2. The van der Waals surface area contributed by atoms with Crippen molar-refractivity contribution in [1.29, 1.82) is 0 Å². The molecule has 26 heavy (non-hydrogen) atoms. The molecule has 0 saturated carbocycles. The van der Waals surface area contributed by atoms with Gasteiger partial charge < -0.3 is 19.3 Å². The standard InChI is InChI=1S/C19H22BrN3O3/c20-16-6-7-18(21-14-16)22-8-10-23(11-9-22)19(24)15-25-12-13-26-17-4-2-1-3-5-17/h1-7,14H,8-13,15H2. The lowest BCUT2D eigenvalue weighted by molar-refractivity contribution is -0.136. The van der Waals surface area contributed by atoms with E-state index in [1.165, 1.54) is 0 Å². The van der Waals surface area contributed by atoms with Crippen molar-refractivity contribution in [1.82, 2.24) is 9.88 Å². The predicted molar refractivity (Wildman–Crippen MR) is 103 cm³/mol. The minimum absolute atomic E-state index is 0.0214. The molecule has 0 spiro atoms. The number of ether oxygens (including phenoxy) is 2. The molecule has 0 N–H and O–H groups in total. The van der Waals surface area contributed by atoms with Crippen molar-refractivity contribution in [2.24, 2.45) is 0 Å². The first-order chi connectivity index (χ1) is 12.7. The number of amides is 1. The minimum atomic E-state index is 0.0214. The molecule has 1 saturated heterocycles. The summed E-state index contributed by atoms with van der Waals surface area (Å²) in [6.45, 7) is 3.83. The van der Waals surface area contributed by atoms with E-state index in [0.29, 0.717) is 26.3 Å². The van der Waals surface area contributed by atoms with Crippen LogP contribution in [0.25, 0.3) is 0 Å². The molecule has 3 rings (SSSR count). The number of rotatable bonds is 7. The van der Waals surface area contributed by atoms with Crippen LogP contribution in [0.5, 0.6) is 5.75 Å². The van der Waals surface area contributed by atoms with Crippen LogP contribution in [-0.4, -0.2) is 61.8 Å². The Hall–Kier alpha value is -2.12. The maximum atomic E-state index is 12.2. The number of halogens is 1. The molecule has 1 aromatic heterocycles. The Labute approximate surface area is 161 Å². The SMILES string of the molecule is O=C(COCCOc1ccccc1)N1CCN(c2ccc(Br)cn2)CC1. The molecule has 0 bridgehead atoms. The summed E-state index contributed by atoms with van der Waals surface area (Å²) in [6, 6.07) is 13.5. The molecule has 0 aliphatic carbocycles. The molecule has 138 valence electrons. The highest BCUT2D eigenvalue weighted by molar-refractivity contribution is 9.10. The second kappa shape index (κ2) is 9.54. The molecule has 0 atom stereocenters. The first-order valence-corrected chi connectivity index (χ1v) is 9.41. The Kier molecular flexibility index (Phi) is 6.85. The molecule has 0 unspecified atom stereocenters. The number of carbonyl (C=O) groups excluding carboxylic acids is 1. The van der Waals surface area contributed by atoms with Gasteiger partial charge in [0, 0.05) is 36.8 Å². The molecular formula is C19H22BrN3O3. The second-order valence-corrected chi connectivity index (χ2v) is 6.83. The normalized spacial score (nSPS) is 14.3. The van der Waals surface area contributed by atoms with E-state index in [4.69, 9.17) is 9.47 Å². The van der Waals surface area contributed by atoms with E-state index in [1.54, 1.807) is 6.20 Å². The Bertz CT molecular complexity index is 689. The number of piperazine rings is 1. The average Bonchev–Trinajstić information content (AvgIpc) is 2.69. The van der Waals surface area contributed by atoms with Crippen LogP contribution < -0.4 is 9.64 Å². The number of hydrogen-bond donors (Lipinski definition) is 0. The Morgan fingerprint density at radius 3 is 2.50 bits per heavy atom. The lowest BCUT2D eigenvalue weighted by Gasteiger charge is -2.35. The summed E-state index contributed by atoms with van der Waals surface area (Å²) < 4.78 is 11.9. The van der Waals surface area contributed by atoms with Gasteiger partial charge in [0.05, 0.1) is 6.61 Å². The number of hydrogen-bond acceptors (Lipinski definition) is 5. The van der Waals surface area contributed by atoms with Gasteiger partial charge in [-0.05, 0) is 40.2 Å². The van der Waals surface area contributed by atoms with E-state index in [0.717, 1.165) is 29.1 Å². The zero-order valence-corrected chi connectivity index (χ0v) is 16.1. The van der Waals surface area contributed by atoms with Crippen LogP contribution in [0, 0.1) is 0 Å². The van der Waals surface area contributed by atoms with Crippen LogP contribution in [0.4, 0.5) is 5.82 Å². The van der Waals surface area contributed by atoms with Gasteiger partial charge >= 0.3 is 0 Å². The van der Waals surface area contributed by atoms with Crippen LogP contribution >= 0.6 is 15.9 Å². The van der Waals surface area contributed by atoms with Crippen LogP contribution in [0.3, 0.4) is 0 Å². The van der Waals surface area contributed by atoms with Gasteiger partial charge in [-0.3, -0.25) is 4.79 Å². The molecular weight excluding hydrogens is 398 g/mol. The molecule has 1 fully saturated rings. The highest BCUT2D eigenvalue weighted by Crippen LogP contribution is 2.16. The van der Waals surface area contributed by atoms with E-state index in [9.17, 15) is 4.79 Å². The van der Waals surface area contributed by atoms with Crippen molar-refractivity contribution in [2.75, 3.05) is 50.9 Å². The summed E-state index contributed by atoms with van der Waals surface area (Å²) in [7, 11) is 0. The molecule has 1 amide bonds. The zero-order chi connectivity index (χ0) is 18.2. The Morgan fingerprint density at radius 2 is 1.81 bits per heavy atom. The highest BCUT2D eigenvalue weighted by Gasteiger charge is 2.21. The van der Waals surface area contributed by atoms with Crippen molar-refractivity contribution in [3.63, 3.8) is 0 Å². The van der Waals surface area contributed by atoms with Crippen molar-refractivity contribution < 1.29 is 14.3 Å². The molecule has 1 aromatic carbocycles.